The number of anilines is 1. The topological polar surface area (TPSA) is 93.4 Å². The minimum Gasteiger partial charge on any atom is -0.444 e. The lowest BCUT2D eigenvalue weighted by atomic mass is 10.2. The molecule has 6 nitrogen and oxygen atoms in total. The van der Waals surface area contributed by atoms with E-state index >= 15 is 0 Å². The van der Waals surface area contributed by atoms with Gasteiger partial charge in [0.25, 0.3) is 0 Å². The Morgan fingerprint density at radius 1 is 1.29 bits per heavy atom. The lowest BCUT2D eigenvalue weighted by Gasteiger charge is -2.19. The van der Waals surface area contributed by atoms with Crippen LogP contribution in [0.15, 0.2) is 12.1 Å². The lowest BCUT2D eigenvalue weighted by molar-refractivity contribution is -0.114. The van der Waals surface area contributed by atoms with Crippen molar-refractivity contribution in [2.75, 3.05) is 18.4 Å². The van der Waals surface area contributed by atoms with E-state index in [0.29, 0.717) is 6.54 Å². The quantitative estimate of drug-likeness (QED) is 0.697. The second kappa shape index (κ2) is 10.3. The SMILES string of the molecule is CCNC(=O)OC(C)(C)C.NCC(=O)Nc1ccc(Cl)c(Cl)c1F. The molecule has 9 heteroatoms. The Kier molecular flexibility index (Phi) is 9.65. The van der Waals surface area contributed by atoms with E-state index in [9.17, 15) is 14.0 Å². The summed E-state index contributed by atoms with van der Waals surface area (Å²) in [6.07, 6.45) is -0.352. The predicted molar refractivity (Wildman–Crippen MR) is 94.0 cm³/mol. The van der Waals surface area contributed by atoms with Gasteiger partial charge >= 0.3 is 6.09 Å². The van der Waals surface area contributed by atoms with E-state index in [2.05, 4.69) is 10.6 Å². The summed E-state index contributed by atoms with van der Waals surface area (Å²) in [6.45, 7) is 7.74. The Morgan fingerprint density at radius 3 is 2.33 bits per heavy atom. The zero-order valence-electron chi connectivity index (χ0n) is 14.0. The van der Waals surface area contributed by atoms with Crippen LogP contribution >= 0.6 is 23.2 Å². The largest absolute Gasteiger partial charge is 0.444 e. The van der Waals surface area contributed by atoms with Crippen molar-refractivity contribution in [3.8, 4) is 0 Å². The summed E-state index contributed by atoms with van der Waals surface area (Å²) in [5, 5.41) is 4.66. The van der Waals surface area contributed by atoms with Crippen LogP contribution in [-0.4, -0.2) is 30.7 Å². The summed E-state index contributed by atoms with van der Waals surface area (Å²) in [4.78, 5) is 21.6. The fraction of sp³-hybridized carbons (Fsp3) is 0.467. The van der Waals surface area contributed by atoms with E-state index in [4.69, 9.17) is 33.7 Å². The molecule has 0 spiro atoms. The zero-order valence-corrected chi connectivity index (χ0v) is 15.5. The third-order valence-corrected chi connectivity index (χ3v) is 3.00. The number of carbonyl (C=O) groups excluding carboxylic acids is 2. The fourth-order valence-electron chi connectivity index (χ4n) is 1.28. The number of benzene rings is 1. The van der Waals surface area contributed by atoms with E-state index in [1.54, 1.807) is 0 Å². The molecule has 24 heavy (non-hydrogen) atoms. The van der Waals surface area contributed by atoms with Gasteiger partial charge in [-0.25, -0.2) is 9.18 Å². The van der Waals surface area contributed by atoms with Crippen LogP contribution in [0.5, 0.6) is 0 Å². The highest BCUT2D eigenvalue weighted by atomic mass is 35.5. The van der Waals surface area contributed by atoms with Crippen molar-refractivity contribution in [3.05, 3.63) is 28.0 Å². The van der Waals surface area contributed by atoms with Gasteiger partial charge in [-0.1, -0.05) is 23.2 Å². The van der Waals surface area contributed by atoms with E-state index in [1.165, 1.54) is 12.1 Å². The Bertz CT molecular complexity index is 578. The fourth-order valence-corrected chi connectivity index (χ4v) is 1.59. The summed E-state index contributed by atoms with van der Waals surface area (Å²) in [5.74, 6) is -1.26. The number of nitrogens with one attached hydrogen (secondary N) is 2. The monoisotopic (exact) mass is 381 g/mol. The van der Waals surface area contributed by atoms with Crippen molar-refractivity contribution >= 4 is 40.9 Å². The number of halogens is 3. The molecular formula is C15H22Cl2FN3O3. The highest BCUT2D eigenvalue weighted by Crippen LogP contribution is 2.29. The summed E-state index contributed by atoms with van der Waals surface area (Å²) in [6, 6.07) is 2.70. The van der Waals surface area contributed by atoms with Crippen LogP contribution in [0, 0.1) is 5.82 Å². The van der Waals surface area contributed by atoms with Crippen LogP contribution < -0.4 is 16.4 Å². The maximum Gasteiger partial charge on any atom is 0.407 e. The molecule has 1 rings (SSSR count). The molecule has 0 fully saturated rings. The minimum absolute atomic E-state index is 0.0325. The van der Waals surface area contributed by atoms with Crippen molar-refractivity contribution in [2.24, 2.45) is 5.73 Å². The summed E-state index contributed by atoms with van der Waals surface area (Å²) < 4.78 is 18.2. The molecule has 0 aliphatic rings. The Labute approximate surface area is 150 Å². The molecule has 0 atom stereocenters. The van der Waals surface area contributed by atoms with Crippen molar-refractivity contribution in [2.45, 2.75) is 33.3 Å². The minimum atomic E-state index is -0.763. The number of rotatable bonds is 3. The molecule has 136 valence electrons. The maximum atomic E-state index is 13.3. The standard InChI is InChI=1S/C8H7Cl2FN2O.C7H15NO2/c9-4-1-2-5(8(11)7(4)10)13-6(14)3-12;1-5-8-6(9)10-7(2,3)4/h1-2H,3,12H2,(H,13,14);5H2,1-4H3,(H,8,9). The van der Waals surface area contributed by atoms with Crippen molar-refractivity contribution in [1.29, 1.82) is 0 Å². The normalized spacial score (nSPS) is 10.3. The molecule has 0 saturated carbocycles. The van der Waals surface area contributed by atoms with Gasteiger partial charge in [0.1, 0.15) is 5.60 Å². The van der Waals surface area contributed by atoms with Gasteiger partial charge in [0.15, 0.2) is 5.82 Å². The molecule has 1 aromatic rings. The first kappa shape index (κ1) is 22.4. The first-order valence-electron chi connectivity index (χ1n) is 7.12. The van der Waals surface area contributed by atoms with Gasteiger partial charge < -0.3 is 21.1 Å². The van der Waals surface area contributed by atoms with Crippen molar-refractivity contribution in [1.82, 2.24) is 5.32 Å². The number of nitrogens with two attached hydrogens (primary N) is 1. The number of amides is 2. The highest BCUT2D eigenvalue weighted by Gasteiger charge is 2.14. The Morgan fingerprint density at radius 2 is 1.88 bits per heavy atom. The number of hydrogen-bond donors (Lipinski definition) is 3. The Balaban J connectivity index is 0.000000470. The molecule has 0 saturated heterocycles. The van der Waals surface area contributed by atoms with Crippen molar-refractivity contribution < 1.29 is 18.7 Å². The van der Waals surface area contributed by atoms with Gasteiger partial charge in [0.2, 0.25) is 5.91 Å². The maximum absolute atomic E-state index is 13.3. The molecule has 4 N–H and O–H groups in total. The number of ether oxygens (including phenoxy) is 1. The third kappa shape index (κ3) is 8.90. The number of carbonyl (C=O) groups is 2. The summed E-state index contributed by atoms with van der Waals surface area (Å²) >= 11 is 11.1. The second-order valence-corrected chi connectivity index (χ2v) is 6.29. The second-order valence-electron chi connectivity index (χ2n) is 5.51. The van der Waals surface area contributed by atoms with Gasteiger partial charge in [0.05, 0.1) is 22.3 Å². The van der Waals surface area contributed by atoms with E-state index < -0.39 is 11.7 Å². The van der Waals surface area contributed by atoms with Crippen LogP contribution in [0.1, 0.15) is 27.7 Å². The molecule has 1 aromatic carbocycles. The van der Waals surface area contributed by atoms with E-state index in [1.807, 2.05) is 27.7 Å². The third-order valence-electron chi connectivity index (χ3n) is 2.21. The van der Waals surface area contributed by atoms with Crippen LogP contribution in [0.25, 0.3) is 0 Å². The predicted octanol–water partition coefficient (Wildman–Crippen LogP) is 3.56. The van der Waals surface area contributed by atoms with Gasteiger partial charge in [-0.15, -0.1) is 0 Å². The average Bonchev–Trinajstić information content (AvgIpc) is 2.46. The number of alkyl carbamates (subject to hydrolysis) is 1. The first-order valence-corrected chi connectivity index (χ1v) is 7.87. The smallest absolute Gasteiger partial charge is 0.407 e. The molecule has 0 aliphatic carbocycles. The molecule has 0 unspecified atom stereocenters. The van der Waals surface area contributed by atoms with E-state index in [0.717, 1.165) is 0 Å². The lowest BCUT2D eigenvalue weighted by Crippen LogP contribution is -2.32. The molecule has 2 amide bonds. The Hall–Kier alpha value is -1.57. The highest BCUT2D eigenvalue weighted by molar-refractivity contribution is 6.42. The van der Waals surface area contributed by atoms with Gasteiger partial charge in [-0.3, -0.25) is 4.79 Å². The van der Waals surface area contributed by atoms with Gasteiger partial charge in [0, 0.05) is 6.54 Å². The number of hydrogen-bond acceptors (Lipinski definition) is 4. The van der Waals surface area contributed by atoms with Crippen LogP contribution in [-0.2, 0) is 9.53 Å². The average molecular weight is 382 g/mol. The molecule has 0 aliphatic heterocycles. The molecule has 0 radical (unpaired) electrons. The molecule has 0 aromatic heterocycles. The van der Waals surface area contributed by atoms with E-state index in [-0.39, 0.29) is 34.0 Å². The van der Waals surface area contributed by atoms with Gasteiger partial charge in [-0.05, 0) is 39.8 Å². The summed E-state index contributed by atoms with van der Waals surface area (Å²) in [5.41, 5.74) is 4.62. The van der Waals surface area contributed by atoms with Crippen molar-refractivity contribution in [3.63, 3.8) is 0 Å². The van der Waals surface area contributed by atoms with Crippen LogP contribution in [0.2, 0.25) is 10.0 Å². The molecular weight excluding hydrogens is 360 g/mol. The first-order chi connectivity index (χ1) is 11.0. The molecule has 0 heterocycles. The molecule has 0 bridgehead atoms. The van der Waals surface area contributed by atoms with Crippen LogP contribution in [0.3, 0.4) is 0 Å². The summed E-state index contributed by atoms with van der Waals surface area (Å²) in [7, 11) is 0. The van der Waals surface area contributed by atoms with Gasteiger partial charge in [-0.2, -0.15) is 0 Å². The van der Waals surface area contributed by atoms with Crippen LogP contribution in [0.4, 0.5) is 14.9 Å². The zero-order chi connectivity index (χ0) is 18.9.